The number of ether oxygens (including phenoxy) is 1. The van der Waals surface area contributed by atoms with Gasteiger partial charge in [-0.1, -0.05) is 17.8 Å². The minimum atomic E-state index is 0.664. The molecular weight excluding hydrogens is 272 g/mol. The number of benzene rings is 1. The lowest BCUT2D eigenvalue weighted by Crippen LogP contribution is -2.18. The monoisotopic (exact) mass is 288 g/mol. The van der Waals surface area contributed by atoms with E-state index in [-0.39, 0.29) is 0 Å². The standard InChI is InChI=1S/C14H16N4OS/c1-19-7-6-16-10-11-2-3-13(12(8-11)9-15)20-14-17-4-5-18-14/h2-5,8,16H,6-7,10H2,1H3,(H,17,18). The summed E-state index contributed by atoms with van der Waals surface area (Å²) in [5, 5.41) is 13.3. The van der Waals surface area contributed by atoms with Crippen LogP contribution in [0.2, 0.25) is 0 Å². The zero-order valence-corrected chi connectivity index (χ0v) is 12.0. The average molecular weight is 288 g/mol. The normalized spacial score (nSPS) is 10.4. The molecule has 0 amide bonds. The molecular formula is C14H16N4OS. The lowest BCUT2D eigenvalue weighted by molar-refractivity contribution is 0.199. The molecule has 5 nitrogen and oxygen atoms in total. The molecule has 6 heteroatoms. The van der Waals surface area contributed by atoms with Crippen molar-refractivity contribution >= 4 is 11.8 Å². The fraction of sp³-hybridized carbons (Fsp3) is 0.286. The first kappa shape index (κ1) is 14.6. The Bertz CT molecular complexity index is 577. The molecule has 1 aromatic carbocycles. The number of hydrogen-bond acceptors (Lipinski definition) is 5. The van der Waals surface area contributed by atoms with Gasteiger partial charge in [-0.15, -0.1) is 0 Å². The van der Waals surface area contributed by atoms with Crippen LogP contribution >= 0.6 is 11.8 Å². The van der Waals surface area contributed by atoms with Gasteiger partial charge < -0.3 is 15.0 Å². The second-order valence-corrected chi connectivity index (χ2v) is 5.14. The lowest BCUT2D eigenvalue weighted by atomic mass is 10.1. The summed E-state index contributed by atoms with van der Waals surface area (Å²) in [6.07, 6.45) is 3.46. The molecule has 0 aliphatic rings. The van der Waals surface area contributed by atoms with Gasteiger partial charge in [-0.25, -0.2) is 4.98 Å². The van der Waals surface area contributed by atoms with Crippen molar-refractivity contribution in [3.05, 3.63) is 41.7 Å². The van der Waals surface area contributed by atoms with Crippen molar-refractivity contribution < 1.29 is 4.74 Å². The molecule has 0 aliphatic heterocycles. The number of aromatic amines is 1. The highest BCUT2D eigenvalue weighted by atomic mass is 32.2. The van der Waals surface area contributed by atoms with Crippen molar-refractivity contribution in [1.82, 2.24) is 15.3 Å². The molecule has 2 rings (SSSR count). The SMILES string of the molecule is COCCNCc1ccc(Sc2ncc[nH]2)c(C#N)c1. The number of H-pyrrole nitrogens is 1. The van der Waals surface area contributed by atoms with Crippen LogP contribution < -0.4 is 5.32 Å². The zero-order chi connectivity index (χ0) is 14.2. The van der Waals surface area contributed by atoms with Crippen molar-refractivity contribution in [2.45, 2.75) is 16.6 Å². The van der Waals surface area contributed by atoms with Gasteiger partial charge in [0.05, 0.1) is 12.2 Å². The Kier molecular flexibility index (Phi) is 5.62. The number of rotatable bonds is 7. The Morgan fingerprint density at radius 2 is 2.40 bits per heavy atom. The molecule has 0 radical (unpaired) electrons. The van der Waals surface area contributed by atoms with Gasteiger partial charge in [0, 0.05) is 37.5 Å². The smallest absolute Gasteiger partial charge is 0.170 e. The molecule has 0 aliphatic carbocycles. The maximum absolute atomic E-state index is 9.25. The number of methoxy groups -OCH3 is 1. The fourth-order valence-electron chi connectivity index (χ4n) is 1.68. The van der Waals surface area contributed by atoms with E-state index in [1.807, 2.05) is 18.2 Å². The van der Waals surface area contributed by atoms with Crippen LogP contribution in [0.25, 0.3) is 0 Å². The highest BCUT2D eigenvalue weighted by Crippen LogP contribution is 2.28. The van der Waals surface area contributed by atoms with Crippen molar-refractivity contribution in [3.8, 4) is 6.07 Å². The summed E-state index contributed by atoms with van der Waals surface area (Å²) in [5.41, 5.74) is 1.75. The number of hydrogen-bond donors (Lipinski definition) is 2. The predicted molar refractivity (Wildman–Crippen MR) is 77.5 cm³/mol. The van der Waals surface area contributed by atoms with Crippen molar-refractivity contribution in [1.29, 1.82) is 5.26 Å². The first-order valence-corrected chi connectivity index (χ1v) is 7.05. The second-order valence-electron chi connectivity index (χ2n) is 4.11. The van der Waals surface area contributed by atoms with E-state index in [1.165, 1.54) is 11.8 Å². The van der Waals surface area contributed by atoms with Gasteiger partial charge in [-0.3, -0.25) is 0 Å². The zero-order valence-electron chi connectivity index (χ0n) is 11.2. The third kappa shape index (κ3) is 4.10. The quantitative estimate of drug-likeness (QED) is 0.764. The third-order valence-corrected chi connectivity index (χ3v) is 3.65. The van der Waals surface area contributed by atoms with E-state index in [9.17, 15) is 5.26 Å². The highest BCUT2D eigenvalue weighted by molar-refractivity contribution is 7.99. The summed E-state index contributed by atoms with van der Waals surface area (Å²) >= 11 is 1.46. The largest absolute Gasteiger partial charge is 0.383 e. The van der Waals surface area contributed by atoms with Crippen LogP contribution in [0, 0.1) is 11.3 Å². The Morgan fingerprint density at radius 3 is 3.10 bits per heavy atom. The molecule has 0 saturated heterocycles. The van der Waals surface area contributed by atoms with E-state index < -0.39 is 0 Å². The molecule has 0 saturated carbocycles. The lowest BCUT2D eigenvalue weighted by Gasteiger charge is -2.07. The maximum atomic E-state index is 9.25. The highest BCUT2D eigenvalue weighted by Gasteiger charge is 2.07. The summed E-state index contributed by atoms with van der Waals surface area (Å²) in [6.45, 7) is 2.20. The minimum Gasteiger partial charge on any atom is -0.383 e. The molecule has 2 aromatic rings. The van der Waals surface area contributed by atoms with E-state index in [2.05, 4.69) is 21.4 Å². The number of nitrogens with zero attached hydrogens (tertiary/aromatic N) is 2. The van der Waals surface area contributed by atoms with E-state index in [4.69, 9.17) is 4.74 Å². The van der Waals surface area contributed by atoms with Gasteiger partial charge in [0.15, 0.2) is 5.16 Å². The number of imidazole rings is 1. The van der Waals surface area contributed by atoms with E-state index >= 15 is 0 Å². The summed E-state index contributed by atoms with van der Waals surface area (Å²) < 4.78 is 4.97. The molecule has 0 unspecified atom stereocenters. The van der Waals surface area contributed by atoms with Crippen LogP contribution in [0.4, 0.5) is 0 Å². The topological polar surface area (TPSA) is 73.7 Å². The summed E-state index contributed by atoms with van der Waals surface area (Å²) in [5.74, 6) is 0. The third-order valence-electron chi connectivity index (χ3n) is 2.66. The number of nitrogens with one attached hydrogen (secondary N) is 2. The maximum Gasteiger partial charge on any atom is 0.170 e. The Labute approximate surface area is 122 Å². The molecule has 20 heavy (non-hydrogen) atoms. The summed E-state index contributed by atoms with van der Waals surface area (Å²) in [6, 6.07) is 8.12. The number of nitriles is 1. The van der Waals surface area contributed by atoms with Gasteiger partial charge >= 0.3 is 0 Å². The van der Waals surface area contributed by atoms with Gasteiger partial charge in [0.1, 0.15) is 6.07 Å². The first-order chi connectivity index (χ1) is 9.83. The van der Waals surface area contributed by atoms with Crippen molar-refractivity contribution in [2.75, 3.05) is 20.3 Å². The molecule has 104 valence electrons. The predicted octanol–water partition coefficient (Wildman–Crippen LogP) is 2.17. The molecule has 0 atom stereocenters. The van der Waals surface area contributed by atoms with Crippen molar-refractivity contribution in [3.63, 3.8) is 0 Å². The van der Waals surface area contributed by atoms with E-state index in [1.54, 1.807) is 19.5 Å². The summed E-state index contributed by atoms with van der Waals surface area (Å²) in [4.78, 5) is 8.07. The first-order valence-electron chi connectivity index (χ1n) is 6.23. The van der Waals surface area contributed by atoms with Gasteiger partial charge in [0.25, 0.3) is 0 Å². The average Bonchev–Trinajstić information content (AvgIpc) is 2.98. The van der Waals surface area contributed by atoms with Crippen LogP contribution in [0.1, 0.15) is 11.1 Å². The van der Waals surface area contributed by atoms with Gasteiger partial charge in [0.2, 0.25) is 0 Å². The molecule has 1 aromatic heterocycles. The van der Waals surface area contributed by atoms with Crippen LogP contribution in [-0.4, -0.2) is 30.2 Å². The minimum absolute atomic E-state index is 0.664. The summed E-state index contributed by atoms with van der Waals surface area (Å²) in [7, 11) is 1.68. The molecule has 1 heterocycles. The molecule has 2 N–H and O–H groups in total. The molecule has 0 spiro atoms. The Balaban J connectivity index is 2.02. The van der Waals surface area contributed by atoms with Gasteiger partial charge in [-0.2, -0.15) is 5.26 Å². The Morgan fingerprint density at radius 1 is 1.50 bits per heavy atom. The molecule has 0 fully saturated rings. The van der Waals surface area contributed by atoms with Gasteiger partial charge in [-0.05, 0) is 17.7 Å². The number of aromatic nitrogens is 2. The van der Waals surface area contributed by atoms with Crippen LogP contribution in [0.15, 0.2) is 40.6 Å². The fourth-order valence-corrected chi connectivity index (χ4v) is 2.48. The second kappa shape index (κ2) is 7.70. The van der Waals surface area contributed by atoms with E-state index in [0.717, 1.165) is 28.7 Å². The Hall–Kier alpha value is -1.81. The van der Waals surface area contributed by atoms with Crippen LogP contribution in [0.3, 0.4) is 0 Å². The van der Waals surface area contributed by atoms with Crippen LogP contribution in [0.5, 0.6) is 0 Å². The van der Waals surface area contributed by atoms with Crippen molar-refractivity contribution in [2.24, 2.45) is 0 Å². The van der Waals surface area contributed by atoms with Crippen LogP contribution in [-0.2, 0) is 11.3 Å². The van der Waals surface area contributed by atoms with E-state index in [0.29, 0.717) is 12.2 Å². The molecule has 0 bridgehead atoms.